The van der Waals surface area contributed by atoms with Gasteiger partial charge in [0.25, 0.3) is 0 Å². The molecule has 0 saturated carbocycles. The van der Waals surface area contributed by atoms with Gasteiger partial charge in [0.2, 0.25) is 6.08 Å². The highest BCUT2D eigenvalue weighted by Crippen LogP contribution is 2.38. The van der Waals surface area contributed by atoms with Crippen molar-refractivity contribution in [1.82, 2.24) is 4.98 Å². The summed E-state index contributed by atoms with van der Waals surface area (Å²) in [6, 6.07) is 0.951. The van der Waals surface area contributed by atoms with Gasteiger partial charge in [0.15, 0.2) is 0 Å². The fourth-order valence-electron chi connectivity index (χ4n) is 1.73. The molecule has 0 bridgehead atoms. The van der Waals surface area contributed by atoms with Crippen LogP contribution in [0.3, 0.4) is 0 Å². The van der Waals surface area contributed by atoms with E-state index < -0.39 is 11.9 Å². The van der Waals surface area contributed by atoms with E-state index in [2.05, 4.69) is 9.98 Å². The zero-order valence-electron chi connectivity index (χ0n) is 11.2. The summed E-state index contributed by atoms with van der Waals surface area (Å²) in [7, 11) is 0. The fourth-order valence-corrected chi connectivity index (χ4v) is 1.73. The molecule has 0 fully saturated rings. The summed E-state index contributed by atoms with van der Waals surface area (Å²) >= 11 is 0. The third-order valence-electron chi connectivity index (χ3n) is 2.67. The van der Waals surface area contributed by atoms with Crippen LogP contribution in [0, 0.1) is 0 Å². The van der Waals surface area contributed by atoms with E-state index in [1.54, 1.807) is 27.7 Å². The molecular weight excluding hydrogens is 257 g/mol. The van der Waals surface area contributed by atoms with Gasteiger partial charge in [0, 0.05) is 0 Å². The Kier molecular flexibility index (Phi) is 4.48. The molecule has 6 heteroatoms. The number of aromatic nitrogens is 1. The topological polar surface area (TPSA) is 42.3 Å². The number of halogens is 3. The van der Waals surface area contributed by atoms with Crippen molar-refractivity contribution in [2.75, 3.05) is 0 Å². The number of isocyanates is 1. The Hall–Kier alpha value is -1.68. The Bertz CT molecular complexity index is 486. The Morgan fingerprint density at radius 2 is 1.79 bits per heavy atom. The van der Waals surface area contributed by atoms with E-state index in [-0.39, 0.29) is 23.2 Å². The van der Waals surface area contributed by atoms with Gasteiger partial charge in [-0.3, -0.25) is 0 Å². The highest BCUT2D eigenvalue weighted by molar-refractivity contribution is 5.59. The van der Waals surface area contributed by atoms with Gasteiger partial charge in [-0.05, 0) is 23.5 Å². The van der Waals surface area contributed by atoms with Gasteiger partial charge in [0.1, 0.15) is 11.4 Å². The molecule has 0 aliphatic heterocycles. The zero-order chi connectivity index (χ0) is 14.8. The summed E-state index contributed by atoms with van der Waals surface area (Å²) in [5.41, 5.74) is -0.228. The summed E-state index contributed by atoms with van der Waals surface area (Å²) in [4.78, 5) is 17.6. The van der Waals surface area contributed by atoms with E-state index in [9.17, 15) is 18.0 Å². The minimum Gasteiger partial charge on any atom is -0.246 e. The van der Waals surface area contributed by atoms with Gasteiger partial charge in [-0.2, -0.15) is 18.2 Å². The average Bonchev–Trinajstić information content (AvgIpc) is 2.27. The van der Waals surface area contributed by atoms with Gasteiger partial charge >= 0.3 is 6.18 Å². The lowest BCUT2D eigenvalue weighted by Crippen LogP contribution is -2.12. The molecule has 0 aliphatic carbocycles. The normalized spacial score (nSPS) is 11.8. The quantitative estimate of drug-likeness (QED) is 0.607. The standard InChI is InChI=1S/C13H15F3N2O/c1-7(2)9-5-10(13(14,15)16)18-11(8(3)4)12(9)17-6-19/h5,7-8H,1-4H3. The molecule has 0 atom stereocenters. The predicted molar refractivity (Wildman–Crippen MR) is 65.2 cm³/mol. The van der Waals surface area contributed by atoms with Crippen molar-refractivity contribution in [3.8, 4) is 0 Å². The Morgan fingerprint density at radius 1 is 1.21 bits per heavy atom. The first-order chi connectivity index (χ1) is 8.68. The van der Waals surface area contributed by atoms with E-state index in [1.165, 1.54) is 6.08 Å². The average molecular weight is 272 g/mol. The minimum absolute atomic E-state index is 0.168. The van der Waals surface area contributed by atoms with Crippen LogP contribution in [0.25, 0.3) is 0 Å². The number of aliphatic imine (C=N–C) groups is 1. The minimum atomic E-state index is -4.52. The van der Waals surface area contributed by atoms with E-state index in [4.69, 9.17) is 0 Å². The van der Waals surface area contributed by atoms with Crippen molar-refractivity contribution >= 4 is 11.8 Å². The van der Waals surface area contributed by atoms with Crippen LogP contribution in [-0.4, -0.2) is 11.1 Å². The number of rotatable bonds is 3. The molecule has 0 spiro atoms. The molecule has 0 saturated heterocycles. The lowest BCUT2D eigenvalue weighted by molar-refractivity contribution is -0.141. The van der Waals surface area contributed by atoms with Crippen molar-refractivity contribution in [2.24, 2.45) is 4.99 Å². The van der Waals surface area contributed by atoms with Crippen LogP contribution in [0.15, 0.2) is 11.1 Å². The van der Waals surface area contributed by atoms with E-state index >= 15 is 0 Å². The number of alkyl halides is 3. The highest BCUT2D eigenvalue weighted by Gasteiger charge is 2.34. The molecule has 0 radical (unpaired) electrons. The number of hydrogen-bond acceptors (Lipinski definition) is 3. The molecule has 19 heavy (non-hydrogen) atoms. The van der Waals surface area contributed by atoms with Crippen molar-refractivity contribution < 1.29 is 18.0 Å². The van der Waals surface area contributed by atoms with Crippen LogP contribution in [0.4, 0.5) is 18.9 Å². The lowest BCUT2D eigenvalue weighted by Gasteiger charge is -2.17. The molecule has 1 heterocycles. The molecule has 0 aliphatic rings. The van der Waals surface area contributed by atoms with Crippen molar-refractivity contribution in [2.45, 2.75) is 45.7 Å². The van der Waals surface area contributed by atoms with E-state index in [0.717, 1.165) is 6.07 Å². The van der Waals surface area contributed by atoms with Crippen molar-refractivity contribution in [1.29, 1.82) is 0 Å². The third kappa shape index (κ3) is 3.41. The number of carbonyl (C=O) groups excluding carboxylic acids is 1. The van der Waals surface area contributed by atoms with Gasteiger partial charge in [-0.25, -0.2) is 9.78 Å². The molecule has 3 nitrogen and oxygen atoms in total. The molecule has 104 valence electrons. The van der Waals surface area contributed by atoms with Gasteiger partial charge in [-0.1, -0.05) is 27.7 Å². The second-order valence-corrected chi connectivity index (χ2v) is 4.84. The van der Waals surface area contributed by atoms with Crippen LogP contribution >= 0.6 is 0 Å². The largest absolute Gasteiger partial charge is 0.433 e. The summed E-state index contributed by atoms with van der Waals surface area (Å²) in [5, 5.41) is 0. The Balaban J connectivity index is 3.67. The summed E-state index contributed by atoms with van der Waals surface area (Å²) in [6.45, 7) is 6.89. The zero-order valence-corrected chi connectivity index (χ0v) is 11.2. The number of hydrogen-bond donors (Lipinski definition) is 0. The van der Waals surface area contributed by atoms with Crippen LogP contribution < -0.4 is 0 Å². The van der Waals surface area contributed by atoms with Crippen LogP contribution in [0.1, 0.15) is 56.5 Å². The predicted octanol–water partition coefficient (Wildman–Crippen LogP) is 4.31. The molecule has 1 rings (SSSR count). The first kappa shape index (κ1) is 15.4. The van der Waals surface area contributed by atoms with Gasteiger partial charge < -0.3 is 0 Å². The summed E-state index contributed by atoms with van der Waals surface area (Å²) in [6.07, 6.45) is -3.13. The Labute approximate surface area is 109 Å². The van der Waals surface area contributed by atoms with E-state index in [0.29, 0.717) is 5.56 Å². The third-order valence-corrected chi connectivity index (χ3v) is 2.67. The summed E-state index contributed by atoms with van der Waals surface area (Å²) < 4.78 is 38.5. The number of pyridine rings is 1. The van der Waals surface area contributed by atoms with Crippen LogP contribution in [-0.2, 0) is 11.0 Å². The lowest BCUT2D eigenvalue weighted by atomic mass is 9.96. The molecular formula is C13H15F3N2O. The van der Waals surface area contributed by atoms with Crippen LogP contribution in [0.2, 0.25) is 0 Å². The maximum Gasteiger partial charge on any atom is 0.433 e. The summed E-state index contributed by atoms with van der Waals surface area (Å²) in [5.74, 6) is -0.472. The van der Waals surface area contributed by atoms with E-state index in [1.807, 2.05) is 0 Å². The molecule has 0 aromatic carbocycles. The molecule has 0 N–H and O–H groups in total. The Morgan fingerprint density at radius 3 is 2.16 bits per heavy atom. The maximum absolute atomic E-state index is 12.8. The molecule has 1 aromatic heterocycles. The monoisotopic (exact) mass is 272 g/mol. The van der Waals surface area contributed by atoms with Crippen molar-refractivity contribution in [3.63, 3.8) is 0 Å². The maximum atomic E-state index is 12.8. The smallest absolute Gasteiger partial charge is 0.246 e. The molecule has 0 amide bonds. The SMILES string of the molecule is CC(C)c1cc(C(F)(F)F)nc(C(C)C)c1N=C=O. The molecule has 0 unspecified atom stereocenters. The second-order valence-electron chi connectivity index (χ2n) is 4.84. The first-order valence-corrected chi connectivity index (χ1v) is 5.88. The van der Waals surface area contributed by atoms with Gasteiger partial charge in [-0.15, -0.1) is 0 Å². The van der Waals surface area contributed by atoms with Crippen LogP contribution in [0.5, 0.6) is 0 Å². The first-order valence-electron chi connectivity index (χ1n) is 5.88. The van der Waals surface area contributed by atoms with Crippen molar-refractivity contribution in [3.05, 3.63) is 23.0 Å². The fraction of sp³-hybridized carbons (Fsp3) is 0.538. The second kappa shape index (κ2) is 5.53. The van der Waals surface area contributed by atoms with Gasteiger partial charge in [0.05, 0.1) is 5.69 Å². The highest BCUT2D eigenvalue weighted by atomic mass is 19.4. The molecule has 1 aromatic rings. The number of nitrogens with zero attached hydrogens (tertiary/aromatic N) is 2.